The molecule has 0 radical (unpaired) electrons. The van der Waals surface area contributed by atoms with Crippen molar-refractivity contribution in [1.82, 2.24) is 15.6 Å². The number of nitrogens with two attached hydrogens (primary N) is 1. The molecule has 0 unspecified atom stereocenters. The number of thioether (sulfide) groups is 1. The molecule has 0 aliphatic heterocycles. The second kappa shape index (κ2) is 10.8. The molecule has 2 aromatic rings. The average molecular weight is 423 g/mol. The maximum absolute atomic E-state index is 12.8. The van der Waals surface area contributed by atoms with Gasteiger partial charge in [0.2, 0.25) is 11.8 Å². The lowest BCUT2D eigenvalue weighted by Crippen LogP contribution is -2.55. The van der Waals surface area contributed by atoms with Gasteiger partial charge in [-0.25, -0.2) is 4.79 Å². The van der Waals surface area contributed by atoms with Gasteiger partial charge >= 0.3 is 5.97 Å². The zero-order valence-corrected chi connectivity index (χ0v) is 16.9. The van der Waals surface area contributed by atoms with Crippen LogP contribution in [0.5, 0.6) is 0 Å². The quantitative estimate of drug-likeness (QED) is 0.294. The van der Waals surface area contributed by atoms with Gasteiger partial charge in [0.05, 0.1) is 6.61 Å². The maximum atomic E-state index is 12.8. The molecule has 7 N–H and O–H groups in total. The number of H-pyrrole nitrogens is 1. The molecule has 0 saturated heterocycles. The van der Waals surface area contributed by atoms with Crippen LogP contribution in [0.15, 0.2) is 30.5 Å². The van der Waals surface area contributed by atoms with Crippen LogP contribution in [-0.4, -0.2) is 69.7 Å². The summed E-state index contributed by atoms with van der Waals surface area (Å²) in [6.45, 7) is -0.571. The van der Waals surface area contributed by atoms with Crippen molar-refractivity contribution in [2.45, 2.75) is 31.0 Å². The number of benzene rings is 1. The van der Waals surface area contributed by atoms with Crippen molar-refractivity contribution >= 4 is 40.4 Å². The van der Waals surface area contributed by atoms with E-state index in [1.807, 2.05) is 30.5 Å². The fraction of sp³-hybridized carbons (Fsp3) is 0.421. The van der Waals surface area contributed by atoms with Crippen LogP contribution >= 0.6 is 11.8 Å². The van der Waals surface area contributed by atoms with Crippen molar-refractivity contribution in [3.05, 3.63) is 36.0 Å². The molecule has 1 aromatic carbocycles. The number of hydrogen-bond donors (Lipinski definition) is 6. The van der Waals surface area contributed by atoms with Crippen LogP contribution in [0.25, 0.3) is 10.9 Å². The van der Waals surface area contributed by atoms with Gasteiger partial charge in [-0.2, -0.15) is 11.8 Å². The first-order valence-corrected chi connectivity index (χ1v) is 10.5. The topological polar surface area (TPSA) is 158 Å². The van der Waals surface area contributed by atoms with Crippen molar-refractivity contribution in [3.63, 3.8) is 0 Å². The van der Waals surface area contributed by atoms with Crippen LogP contribution in [0, 0.1) is 0 Å². The van der Waals surface area contributed by atoms with E-state index in [4.69, 9.17) is 10.8 Å². The SMILES string of the molecule is CSCC[C@H](NC(=O)[C@H](Cc1c[nH]c2ccccc12)NC(=O)[C@@H](N)CO)C(=O)O. The summed E-state index contributed by atoms with van der Waals surface area (Å²) < 4.78 is 0. The smallest absolute Gasteiger partial charge is 0.326 e. The molecule has 2 amide bonds. The van der Waals surface area contributed by atoms with E-state index in [-0.39, 0.29) is 12.8 Å². The highest BCUT2D eigenvalue weighted by Gasteiger charge is 2.28. The summed E-state index contributed by atoms with van der Waals surface area (Å²) in [6.07, 6.45) is 3.98. The summed E-state index contributed by atoms with van der Waals surface area (Å²) in [7, 11) is 0. The molecule has 2 rings (SSSR count). The molecule has 0 aliphatic carbocycles. The second-order valence-electron chi connectivity index (χ2n) is 6.59. The summed E-state index contributed by atoms with van der Waals surface area (Å²) in [6, 6.07) is 4.21. The van der Waals surface area contributed by atoms with E-state index in [9.17, 15) is 19.5 Å². The van der Waals surface area contributed by atoms with Gasteiger partial charge in [0, 0.05) is 23.5 Å². The van der Waals surface area contributed by atoms with E-state index in [0.717, 1.165) is 16.5 Å². The third kappa shape index (κ3) is 6.21. The minimum atomic E-state index is -1.18. The van der Waals surface area contributed by atoms with Gasteiger partial charge in [0.25, 0.3) is 0 Å². The molecule has 1 heterocycles. The maximum Gasteiger partial charge on any atom is 0.326 e. The Morgan fingerprint density at radius 2 is 1.86 bits per heavy atom. The Balaban J connectivity index is 2.22. The normalized spacial score (nSPS) is 14.2. The molecule has 9 nitrogen and oxygen atoms in total. The van der Waals surface area contributed by atoms with Gasteiger partial charge in [0.15, 0.2) is 0 Å². The Labute approximate surface area is 172 Å². The summed E-state index contributed by atoms with van der Waals surface area (Å²) in [4.78, 5) is 39.6. The number of nitrogens with one attached hydrogen (secondary N) is 3. The lowest BCUT2D eigenvalue weighted by atomic mass is 10.0. The molecule has 3 atom stereocenters. The van der Waals surface area contributed by atoms with Gasteiger partial charge < -0.3 is 31.6 Å². The molecule has 29 heavy (non-hydrogen) atoms. The van der Waals surface area contributed by atoms with Crippen molar-refractivity contribution in [2.24, 2.45) is 5.73 Å². The Morgan fingerprint density at radius 3 is 2.52 bits per heavy atom. The van der Waals surface area contributed by atoms with E-state index in [2.05, 4.69) is 15.6 Å². The number of hydrogen-bond acceptors (Lipinski definition) is 6. The molecule has 158 valence electrons. The highest BCUT2D eigenvalue weighted by atomic mass is 32.2. The number of carbonyl (C=O) groups is 3. The first-order chi connectivity index (χ1) is 13.9. The van der Waals surface area contributed by atoms with Crippen molar-refractivity contribution in [1.29, 1.82) is 0 Å². The van der Waals surface area contributed by atoms with E-state index >= 15 is 0 Å². The Hall–Kier alpha value is -2.56. The second-order valence-corrected chi connectivity index (χ2v) is 7.58. The van der Waals surface area contributed by atoms with Crippen LogP contribution < -0.4 is 16.4 Å². The number of rotatable bonds is 11. The molecule has 0 spiro atoms. The number of carbonyl (C=O) groups excluding carboxylic acids is 2. The highest BCUT2D eigenvalue weighted by molar-refractivity contribution is 7.98. The lowest BCUT2D eigenvalue weighted by molar-refractivity contribution is -0.142. The number of aromatic nitrogens is 1. The summed E-state index contributed by atoms with van der Waals surface area (Å²) in [5.74, 6) is -1.89. The Bertz CT molecular complexity index is 856. The van der Waals surface area contributed by atoms with E-state index in [0.29, 0.717) is 5.75 Å². The number of para-hydroxylation sites is 1. The molecule has 0 saturated carbocycles. The number of aliphatic hydroxyl groups excluding tert-OH is 1. The highest BCUT2D eigenvalue weighted by Crippen LogP contribution is 2.19. The third-order valence-corrected chi connectivity index (χ3v) is 5.13. The predicted molar refractivity (Wildman–Crippen MR) is 112 cm³/mol. The van der Waals surface area contributed by atoms with Crippen LogP contribution in [0.2, 0.25) is 0 Å². The number of aliphatic hydroxyl groups is 1. The van der Waals surface area contributed by atoms with Gasteiger partial charge in [-0.3, -0.25) is 9.59 Å². The summed E-state index contributed by atoms with van der Waals surface area (Å²) in [5, 5.41) is 24.4. The minimum Gasteiger partial charge on any atom is -0.480 e. The summed E-state index contributed by atoms with van der Waals surface area (Å²) in [5.41, 5.74) is 7.21. The fourth-order valence-corrected chi connectivity index (χ4v) is 3.33. The molecule has 0 fully saturated rings. The van der Waals surface area contributed by atoms with Gasteiger partial charge in [0.1, 0.15) is 18.1 Å². The van der Waals surface area contributed by atoms with Crippen LogP contribution in [0.3, 0.4) is 0 Å². The van der Waals surface area contributed by atoms with Crippen LogP contribution in [0.4, 0.5) is 0 Å². The number of aliphatic carboxylic acids is 1. The third-order valence-electron chi connectivity index (χ3n) is 4.49. The largest absolute Gasteiger partial charge is 0.480 e. The molecule has 0 bridgehead atoms. The number of carboxylic acid groups (broad SMARTS) is 1. The molecular weight excluding hydrogens is 396 g/mol. The van der Waals surface area contributed by atoms with E-state index in [1.165, 1.54) is 11.8 Å². The van der Waals surface area contributed by atoms with E-state index < -0.39 is 42.5 Å². The number of aromatic amines is 1. The Kier molecular flexibility index (Phi) is 8.50. The van der Waals surface area contributed by atoms with Crippen LogP contribution in [-0.2, 0) is 20.8 Å². The molecular formula is C19H26N4O5S. The molecule has 1 aromatic heterocycles. The molecule has 0 aliphatic rings. The minimum absolute atomic E-state index is 0.134. The van der Waals surface area contributed by atoms with Crippen molar-refractivity contribution in [3.8, 4) is 0 Å². The number of amides is 2. The van der Waals surface area contributed by atoms with Crippen molar-refractivity contribution in [2.75, 3.05) is 18.6 Å². The zero-order chi connectivity index (χ0) is 21.4. The van der Waals surface area contributed by atoms with E-state index in [1.54, 1.807) is 6.20 Å². The predicted octanol–water partition coefficient (Wildman–Crippen LogP) is -0.163. The lowest BCUT2D eigenvalue weighted by Gasteiger charge is -2.22. The average Bonchev–Trinajstić information content (AvgIpc) is 3.12. The van der Waals surface area contributed by atoms with Crippen molar-refractivity contribution < 1.29 is 24.6 Å². The van der Waals surface area contributed by atoms with Gasteiger partial charge in [-0.1, -0.05) is 18.2 Å². The van der Waals surface area contributed by atoms with Gasteiger partial charge in [-0.15, -0.1) is 0 Å². The zero-order valence-electron chi connectivity index (χ0n) is 16.1. The standard InChI is InChI=1S/C19H26N4O5S/c1-29-7-6-15(19(27)28)22-18(26)16(23-17(25)13(20)10-24)8-11-9-21-14-5-3-2-4-12(11)14/h2-5,9,13,15-16,21,24H,6-8,10,20H2,1H3,(H,22,26)(H,23,25)(H,27,28)/t13-,15-,16-/m0/s1. The first kappa shape index (κ1) is 22.7. The van der Waals surface area contributed by atoms with Crippen LogP contribution in [0.1, 0.15) is 12.0 Å². The number of carboxylic acids is 1. The fourth-order valence-electron chi connectivity index (χ4n) is 2.86. The summed E-state index contributed by atoms with van der Waals surface area (Å²) >= 11 is 1.47. The Morgan fingerprint density at radius 1 is 1.17 bits per heavy atom. The monoisotopic (exact) mass is 422 g/mol. The molecule has 10 heteroatoms. The van der Waals surface area contributed by atoms with Gasteiger partial charge in [-0.05, 0) is 30.1 Å². The first-order valence-electron chi connectivity index (χ1n) is 9.11. The number of fused-ring (bicyclic) bond motifs is 1.